The second kappa shape index (κ2) is 11.4. The van der Waals surface area contributed by atoms with Crippen molar-refractivity contribution in [1.82, 2.24) is 4.90 Å². The van der Waals surface area contributed by atoms with E-state index in [2.05, 4.69) is 6.92 Å². The van der Waals surface area contributed by atoms with Gasteiger partial charge in [0, 0.05) is 25.2 Å². The molecule has 0 unspecified atom stereocenters. The minimum absolute atomic E-state index is 0.374. The average Bonchev–Trinajstić information content (AvgIpc) is 2.71. The van der Waals surface area contributed by atoms with Gasteiger partial charge in [-0.1, -0.05) is 43.7 Å². The summed E-state index contributed by atoms with van der Waals surface area (Å²) in [5.41, 5.74) is 3.04. The van der Waals surface area contributed by atoms with Gasteiger partial charge in [-0.3, -0.25) is 0 Å². The molecule has 1 N–H and O–H groups in total. The largest absolute Gasteiger partial charge is 0.493 e. The molecule has 0 saturated heterocycles. The third kappa shape index (κ3) is 8.10. The number of carbonyl (C=O) groups is 2. The first kappa shape index (κ1) is 25.0. The monoisotopic (exact) mass is 439 g/mol. The predicted octanol–water partition coefficient (Wildman–Crippen LogP) is 6.00. The Morgan fingerprint density at radius 1 is 1.12 bits per heavy atom. The highest BCUT2D eigenvalue weighted by molar-refractivity contribution is 5.85. The Labute approximate surface area is 190 Å². The Hall–Kier alpha value is -3.28. The number of aliphatic carboxylic acids is 1. The van der Waals surface area contributed by atoms with Crippen LogP contribution in [0.1, 0.15) is 51.7 Å². The lowest BCUT2D eigenvalue weighted by Crippen LogP contribution is -2.33. The first-order valence-corrected chi connectivity index (χ1v) is 10.8. The summed E-state index contributed by atoms with van der Waals surface area (Å²) in [6, 6.07) is 13.6. The molecule has 0 bridgehead atoms. The molecular weight excluding hydrogens is 406 g/mol. The summed E-state index contributed by atoms with van der Waals surface area (Å²) in [4.78, 5) is 24.7. The van der Waals surface area contributed by atoms with E-state index < -0.39 is 11.6 Å². The number of carboxylic acid groups (broad SMARTS) is 1. The third-order valence-electron chi connectivity index (χ3n) is 4.54. The number of benzene rings is 2. The highest BCUT2D eigenvalue weighted by atomic mass is 16.6. The van der Waals surface area contributed by atoms with Gasteiger partial charge >= 0.3 is 12.1 Å². The molecule has 1 amide bonds. The maximum atomic E-state index is 12.3. The number of nitrogens with zero attached hydrogens (tertiary/aromatic N) is 1. The molecule has 0 fully saturated rings. The Kier molecular flexibility index (Phi) is 8.88. The number of carbonyl (C=O) groups excluding carboxylic acids is 1. The van der Waals surface area contributed by atoms with Crippen molar-refractivity contribution in [2.24, 2.45) is 0 Å². The van der Waals surface area contributed by atoms with Gasteiger partial charge in [0.05, 0.1) is 6.61 Å². The van der Waals surface area contributed by atoms with E-state index in [-0.39, 0.29) is 6.09 Å². The van der Waals surface area contributed by atoms with E-state index in [0.29, 0.717) is 18.9 Å². The fourth-order valence-corrected chi connectivity index (χ4v) is 3.01. The molecule has 0 aliphatic carbocycles. The summed E-state index contributed by atoms with van der Waals surface area (Å²) < 4.78 is 11.5. The van der Waals surface area contributed by atoms with Crippen molar-refractivity contribution in [3.8, 4) is 16.9 Å². The average molecular weight is 440 g/mol. The number of hydrogen-bond acceptors (Lipinski definition) is 4. The van der Waals surface area contributed by atoms with Gasteiger partial charge in [0.1, 0.15) is 11.4 Å². The van der Waals surface area contributed by atoms with E-state index >= 15 is 0 Å². The molecule has 0 aliphatic rings. The van der Waals surface area contributed by atoms with Crippen LogP contribution in [0.15, 0.2) is 48.5 Å². The fraction of sp³-hybridized carbons (Fsp3) is 0.385. The highest BCUT2D eigenvalue weighted by Gasteiger charge is 2.20. The third-order valence-corrected chi connectivity index (χ3v) is 4.54. The molecule has 0 atom stereocenters. The predicted molar refractivity (Wildman–Crippen MR) is 127 cm³/mol. The van der Waals surface area contributed by atoms with Gasteiger partial charge < -0.3 is 19.5 Å². The Morgan fingerprint density at radius 2 is 1.88 bits per heavy atom. The number of amides is 1. The zero-order chi connectivity index (χ0) is 23.7. The lowest BCUT2D eigenvalue weighted by Gasteiger charge is -2.24. The smallest absolute Gasteiger partial charge is 0.410 e. The molecule has 0 radical (unpaired) electrons. The number of rotatable bonds is 9. The molecule has 2 aromatic carbocycles. The van der Waals surface area contributed by atoms with Crippen molar-refractivity contribution in [3.63, 3.8) is 0 Å². The molecule has 0 heterocycles. The van der Waals surface area contributed by atoms with Gasteiger partial charge in [-0.05, 0) is 62.1 Å². The first-order chi connectivity index (χ1) is 15.1. The summed E-state index contributed by atoms with van der Waals surface area (Å²) in [5.74, 6) is -0.298. The number of unbranched alkanes of at least 4 members (excludes halogenated alkanes) is 1. The lowest BCUT2D eigenvalue weighted by atomic mass is 10.00. The minimum atomic E-state index is -0.996. The van der Waals surface area contributed by atoms with Gasteiger partial charge in [0.2, 0.25) is 0 Å². The van der Waals surface area contributed by atoms with Crippen LogP contribution in [-0.4, -0.2) is 41.3 Å². The van der Waals surface area contributed by atoms with Crippen LogP contribution in [0.2, 0.25) is 0 Å². The van der Waals surface area contributed by atoms with Gasteiger partial charge in [-0.25, -0.2) is 9.59 Å². The molecule has 32 heavy (non-hydrogen) atoms. The topological polar surface area (TPSA) is 76.1 Å². The number of carboxylic acids is 1. The summed E-state index contributed by atoms with van der Waals surface area (Å²) >= 11 is 0. The van der Waals surface area contributed by atoms with Crippen molar-refractivity contribution in [2.45, 2.75) is 52.7 Å². The second-order valence-corrected chi connectivity index (χ2v) is 8.67. The van der Waals surface area contributed by atoms with Gasteiger partial charge in [0.15, 0.2) is 0 Å². The highest BCUT2D eigenvalue weighted by Crippen LogP contribution is 2.32. The van der Waals surface area contributed by atoms with E-state index in [1.165, 1.54) is 0 Å². The van der Waals surface area contributed by atoms with Crippen LogP contribution < -0.4 is 4.74 Å². The zero-order valence-corrected chi connectivity index (χ0v) is 19.6. The Bertz CT molecular complexity index is 959. The van der Waals surface area contributed by atoms with Crippen LogP contribution >= 0.6 is 0 Å². The standard InChI is InChI=1S/C26H33NO5/c1-6-7-15-31-23-17-19(12-14-24(28)29)11-13-22(23)21-10-8-9-20(16-21)18-27(5)25(30)32-26(2,3)4/h8-14,16-17H,6-7,15,18H2,1-5H3,(H,28,29). The summed E-state index contributed by atoms with van der Waals surface area (Å²) in [6.07, 6.45) is 4.22. The minimum Gasteiger partial charge on any atom is -0.493 e. The fourth-order valence-electron chi connectivity index (χ4n) is 3.01. The molecule has 172 valence electrons. The molecule has 0 aliphatic heterocycles. The van der Waals surface area contributed by atoms with Crippen LogP contribution in [0.4, 0.5) is 4.79 Å². The molecule has 2 aromatic rings. The maximum absolute atomic E-state index is 12.3. The first-order valence-electron chi connectivity index (χ1n) is 10.8. The van der Waals surface area contributed by atoms with Crippen molar-refractivity contribution < 1.29 is 24.2 Å². The van der Waals surface area contributed by atoms with Gasteiger partial charge in [0.25, 0.3) is 0 Å². The van der Waals surface area contributed by atoms with Crippen LogP contribution in [0.25, 0.3) is 17.2 Å². The number of hydrogen-bond donors (Lipinski definition) is 1. The zero-order valence-electron chi connectivity index (χ0n) is 19.6. The Balaban J connectivity index is 2.29. The van der Waals surface area contributed by atoms with Gasteiger partial charge in [-0.2, -0.15) is 0 Å². The summed E-state index contributed by atoms with van der Waals surface area (Å²) in [7, 11) is 1.71. The SMILES string of the molecule is CCCCOc1cc(C=CC(=O)O)ccc1-c1cccc(CN(C)C(=O)OC(C)(C)C)c1. The van der Waals surface area contributed by atoms with Gasteiger partial charge in [-0.15, -0.1) is 0 Å². The lowest BCUT2D eigenvalue weighted by molar-refractivity contribution is -0.131. The second-order valence-electron chi connectivity index (χ2n) is 8.67. The molecule has 2 rings (SSSR count). The van der Waals surface area contributed by atoms with Crippen molar-refractivity contribution in [2.75, 3.05) is 13.7 Å². The van der Waals surface area contributed by atoms with Crippen molar-refractivity contribution >= 4 is 18.1 Å². The molecule has 0 spiro atoms. The van der Waals surface area contributed by atoms with E-state index in [1.54, 1.807) is 18.0 Å². The van der Waals surface area contributed by atoms with Crippen LogP contribution in [0.3, 0.4) is 0 Å². The van der Waals surface area contributed by atoms with E-state index in [4.69, 9.17) is 14.6 Å². The molecule has 0 aromatic heterocycles. The molecule has 0 saturated carbocycles. The van der Waals surface area contributed by atoms with E-state index in [0.717, 1.165) is 41.2 Å². The maximum Gasteiger partial charge on any atom is 0.410 e. The summed E-state index contributed by atoms with van der Waals surface area (Å²) in [5, 5.41) is 8.90. The van der Waals surface area contributed by atoms with Crippen LogP contribution in [0, 0.1) is 0 Å². The quantitative estimate of drug-likeness (QED) is 0.383. The number of ether oxygens (including phenoxy) is 2. The molecule has 6 nitrogen and oxygen atoms in total. The molecule has 6 heteroatoms. The van der Waals surface area contributed by atoms with Crippen LogP contribution in [-0.2, 0) is 16.1 Å². The van der Waals surface area contributed by atoms with E-state index in [1.807, 2.05) is 63.2 Å². The molecular formula is C26H33NO5. The van der Waals surface area contributed by atoms with Crippen molar-refractivity contribution in [3.05, 3.63) is 59.7 Å². The van der Waals surface area contributed by atoms with E-state index in [9.17, 15) is 9.59 Å². The van der Waals surface area contributed by atoms with Crippen molar-refractivity contribution in [1.29, 1.82) is 0 Å². The summed E-state index contributed by atoms with van der Waals surface area (Å²) in [6.45, 7) is 8.62. The normalized spacial score (nSPS) is 11.4. The van der Waals surface area contributed by atoms with Crippen LogP contribution in [0.5, 0.6) is 5.75 Å². The Morgan fingerprint density at radius 3 is 2.53 bits per heavy atom.